The minimum absolute atomic E-state index is 0.00491. The number of urea groups is 1. The van der Waals surface area contributed by atoms with E-state index in [0.29, 0.717) is 42.2 Å². The quantitative estimate of drug-likeness (QED) is 0.193. The zero-order valence-corrected chi connectivity index (χ0v) is 25.2. The first kappa shape index (κ1) is 38.2. The number of benzene rings is 2. The Hall–Kier alpha value is -4.86. The van der Waals surface area contributed by atoms with Crippen molar-refractivity contribution in [2.75, 3.05) is 50.5 Å². The number of para-hydroxylation sites is 1. The average Bonchev–Trinajstić information content (AvgIpc) is 2.98. The number of amides is 4. The molecule has 0 saturated carbocycles. The van der Waals surface area contributed by atoms with Gasteiger partial charge in [-0.3, -0.25) is 14.4 Å². The Morgan fingerprint density at radius 3 is 2.22 bits per heavy atom. The van der Waals surface area contributed by atoms with Crippen molar-refractivity contribution in [3.63, 3.8) is 0 Å². The van der Waals surface area contributed by atoms with Crippen LogP contribution in [0.2, 0.25) is 0 Å². The number of hydrogen-bond donors (Lipinski definition) is 5. The number of carbonyl (C=O) groups excluding carboxylic acids is 4. The lowest BCUT2D eigenvalue weighted by atomic mass is 10.1. The van der Waals surface area contributed by atoms with Crippen LogP contribution in [0.25, 0.3) is 0 Å². The van der Waals surface area contributed by atoms with E-state index in [1.54, 1.807) is 31.2 Å². The summed E-state index contributed by atoms with van der Waals surface area (Å²) in [6.45, 7) is 4.65. The Bertz CT molecular complexity index is 1310. The number of carbonyl (C=O) groups is 5. The van der Waals surface area contributed by atoms with E-state index in [-0.39, 0.29) is 50.3 Å². The zero-order valence-electron chi connectivity index (χ0n) is 25.2. The monoisotopic (exact) mass is 641 g/mol. The van der Waals surface area contributed by atoms with Crippen LogP contribution in [0.5, 0.6) is 5.75 Å². The molecule has 0 radical (unpaired) electrons. The molecule has 248 valence electrons. The lowest BCUT2D eigenvalue weighted by molar-refractivity contribution is -0.192. The van der Waals surface area contributed by atoms with Crippen LogP contribution < -0.4 is 26.4 Å². The van der Waals surface area contributed by atoms with Gasteiger partial charge in [-0.15, -0.1) is 0 Å². The van der Waals surface area contributed by atoms with E-state index in [1.165, 1.54) is 12.0 Å². The van der Waals surface area contributed by atoms with Crippen molar-refractivity contribution in [2.45, 2.75) is 39.3 Å². The summed E-state index contributed by atoms with van der Waals surface area (Å²) in [6, 6.07) is 12.0. The Balaban J connectivity index is 0.00000129. The number of rotatable bonds is 14. The van der Waals surface area contributed by atoms with Crippen molar-refractivity contribution < 1.29 is 51.7 Å². The van der Waals surface area contributed by atoms with Gasteiger partial charge in [0.1, 0.15) is 5.75 Å². The fourth-order valence-electron chi connectivity index (χ4n) is 3.57. The van der Waals surface area contributed by atoms with Gasteiger partial charge in [0.2, 0.25) is 11.8 Å². The van der Waals surface area contributed by atoms with E-state index in [0.717, 1.165) is 5.56 Å². The Morgan fingerprint density at radius 1 is 1.00 bits per heavy atom. The highest BCUT2D eigenvalue weighted by atomic mass is 19.4. The van der Waals surface area contributed by atoms with E-state index in [4.69, 9.17) is 25.1 Å². The summed E-state index contributed by atoms with van der Waals surface area (Å²) in [7, 11) is 1.47. The SMILES string of the molecule is CCOC(=O)CCN(CCCN)C(=O)CNC(=O)Cc1ccc(NC(=O)Nc2ccccc2C)c(OC)c1.O=C(O)C(F)(F)F. The van der Waals surface area contributed by atoms with Crippen LogP contribution in [0.1, 0.15) is 30.9 Å². The summed E-state index contributed by atoms with van der Waals surface area (Å²) >= 11 is 0. The van der Waals surface area contributed by atoms with Crippen LogP contribution in [-0.2, 0) is 30.3 Å². The Kier molecular flexibility index (Phi) is 16.5. The molecule has 0 unspecified atom stereocenters. The van der Waals surface area contributed by atoms with Gasteiger partial charge in [-0.05, 0) is 56.1 Å². The van der Waals surface area contributed by atoms with Crippen LogP contribution in [0, 0.1) is 6.92 Å². The molecular weight excluding hydrogens is 603 g/mol. The van der Waals surface area contributed by atoms with Gasteiger partial charge in [-0.2, -0.15) is 13.2 Å². The maximum atomic E-state index is 12.6. The van der Waals surface area contributed by atoms with Crippen LogP contribution in [0.4, 0.5) is 29.3 Å². The average molecular weight is 642 g/mol. The lowest BCUT2D eigenvalue weighted by Gasteiger charge is -2.22. The van der Waals surface area contributed by atoms with E-state index < -0.39 is 18.2 Å². The number of nitrogens with one attached hydrogen (secondary N) is 3. The molecule has 0 aromatic heterocycles. The highest BCUT2D eigenvalue weighted by molar-refractivity contribution is 6.01. The van der Waals surface area contributed by atoms with E-state index >= 15 is 0 Å². The molecule has 0 bridgehead atoms. The van der Waals surface area contributed by atoms with Gasteiger partial charge >= 0.3 is 24.1 Å². The predicted molar refractivity (Wildman–Crippen MR) is 159 cm³/mol. The number of ether oxygens (including phenoxy) is 2. The third-order valence-corrected chi connectivity index (χ3v) is 5.83. The second-order valence-corrected chi connectivity index (χ2v) is 9.26. The van der Waals surface area contributed by atoms with Gasteiger partial charge in [-0.25, -0.2) is 9.59 Å². The first-order valence-corrected chi connectivity index (χ1v) is 13.7. The molecule has 2 aromatic carbocycles. The molecule has 0 aliphatic carbocycles. The first-order chi connectivity index (χ1) is 21.2. The molecule has 16 heteroatoms. The summed E-state index contributed by atoms with van der Waals surface area (Å²) < 4.78 is 42.0. The number of nitrogens with two attached hydrogens (primary N) is 1. The largest absolute Gasteiger partial charge is 0.495 e. The van der Waals surface area contributed by atoms with Gasteiger partial charge in [0.25, 0.3) is 0 Å². The normalized spacial score (nSPS) is 10.5. The fourth-order valence-corrected chi connectivity index (χ4v) is 3.57. The number of nitrogens with zero attached hydrogens (tertiary/aromatic N) is 1. The van der Waals surface area contributed by atoms with Crippen molar-refractivity contribution in [3.05, 3.63) is 53.6 Å². The molecule has 45 heavy (non-hydrogen) atoms. The number of aryl methyl sites for hydroxylation is 1. The minimum Gasteiger partial charge on any atom is -0.495 e. The molecule has 4 amide bonds. The van der Waals surface area contributed by atoms with Gasteiger partial charge in [0.05, 0.1) is 38.8 Å². The number of aliphatic carboxylic acids is 1. The summed E-state index contributed by atoms with van der Waals surface area (Å²) in [5.74, 6) is -3.43. The molecule has 2 rings (SSSR count). The summed E-state index contributed by atoms with van der Waals surface area (Å²) in [6.07, 6.45) is -4.43. The Labute approximate surface area is 258 Å². The third-order valence-electron chi connectivity index (χ3n) is 5.83. The van der Waals surface area contributed by atoms with Crippen molar-refractivity contribution in [3.8, 4) is 5.75 Å². The van der Waals surface area contributed by atoms with Gasteiger partial charge in [0.15, 0.2) is 0 Å². The van der Waals surface area contributed by atoms with Crippen molar-refractivity contribution >= 4 is 41.2 Å². The topological polar surface area (TPSA) is 189 Å². The lowest BCUT2D eigenvalue weighted by Crippen LogP contribution is -2.42. The third kappa shape index (κ3) is 14.9. The number of esters is 1. The smallest absolute Gasteiger partial charge is 0.490 e. The molecule has 2 aromatic rings. The Morgan fingerprint density at radius 2 is 1.64 bits per heavy atom. The number of hydrogen-bond acceptors (Lipinski definition) is 8. The molecule has 0 aliphatic heterocycles. The van der Waals surface area contributed by atoms with Crippen LogP contribution >= 0.6 is 0 Å². The molecule has 0 fully saturated rings. The molecule has 0 saturated heterocycles. The highest BCUT2D eigenvalue weighted by Gasteiger charge is 2.38. The summed E-state index contributed by atoms with van der Waals surface area (Å²) in [5, 5.41) is 15.3. The van der Waals surface area contributed by atoms with Crippen molar-refractivity contribution in [1.29, 1.82) is 0 Å². The first-order valence-electron chi connectivity index (χ1n) is 13.7. The number of halogens is 3. The molecule has 0 aliphatic rings. The highest BCUT2D eigenvalue weighted by Crippen LogP contribution is 2.26. The number of carboxylic acid groups (broad SMARTS) is 1. The molecule has 6 N–H and O–H groups in total. The number of methoxy groups -OCH3 is 1. The maximum absolute atomic E-state index is 12.6. The van der Waals surface area contributed by atoms with Crippen molar-refractivity contribution in [2.24, 2.45) is 5.73 Å². The van der Waals surface area contributed by atoms with Crippen molar-refractivity contribution in [1.82, 2.24) is 10.2 Å². The van der Waals surface area contributed by atoms with E-state index in [1.807, 2.05) is 25.1 Å². The van der Waals surface area contributed by atoms with Gasteiger partial charge in [0, 0.05) is 18.8 Å². The molecule has 13 nitrogen and oxygen atoms in total. The summed E-state index contributed by atoms with van der Waals surface area (Å²) in [5.41, 5.74) is 8.25. The standard InChI is InChI=1S/C27H37N5O6.C2HF3O2/c1-4-38-26(35)12-15-32(14-7-13-28)25(34)18-29-24(33)17-20-10-11-22(23(16-20)37-3)31-27(36)30-21-9-6-5-8-19(21)2;3-2(4,5)1(6)7/h5-6,8-11,16H,4,7,12-15,17-18,28H2,1-3H3,(H,29,33)(H2,30,31,36);(H,6,7). The second-order valence-electron chi connectivity index (χ2n) is 9.26. The molecular formula is C29H38F3N5O8. The van der Waals surface area contributed by atoms with Crippen LogP contribution in [-0.4, -0.2) is 85.9 Å². The minimum atomic E-state index is -5.08. The van der Waals surface area contributed by atoms with Crippen LogP contribution in [0.3, 0.4) is 0 Å². The number of alkyl halides is 3. The zero-order chi connectivity index (χ0) is 34.0. The predicted octanol–water partition coefficient (Wildman–Crippen LogP) is 3.07. The maximum Gasteiger partial charge on any atom is 0.490 e. The fraction of sp³-hybridized carbons (Fsp3) is 0.414. The van der Waals surface area contributed by atoms with E-state index in [9.17, 15) is 32.3 Å². The second kappa shape index (κ2) is 19.4. The molecule has 0 heterocycles. The molecule has 0 spiro atoms. The van der Waals surface area contributed by atoms with E-state index in [2.05, 4.69) is 16.0 Å². The summed E-state index contributed by atoms with van der Waals surface area (Å²) in [4.78, 5) is 59.6. The number of carboxylic acids is 1. The van der Waals surface area contributed by atoms with Gasteiger partial charge < -0.3 is 41.2 Å². The van der Waals surface area contributed by atoms with Gasteiger partial charge in [-0.1, -0.05) is 24.3 Å². The van der Waals surface area contributed by atoms with Crippen LogP contribution in [0.15, 0.2) is 42.5 Å². The molecule has 0 atom stereocenters. The number of anilines is 2.